The quantitative estimate of drug-likeness (QED) is 0.426. The van der Waals surface area contributed by atoms with Crippen molar-refractivity contribution >= 4 is 43.5 Å². The zero-order valence-corrected chi connectivity index (χ0v) is 18.6. The summed E-state index contributed by atoms with van der Waals surface area (Å²) >= 11 is 9.37. The van der Waals surface area contributed by atoms with E-state index >= 15 is 0 Å². The summed E-state index contributed by atoms with van der Waals surface area (Å²) in [6.45, 7) is 0. The first kappa shape index (κ1) is 21.3. The molecule has 3 rings (SSSR count). The Kier molecular flexibility index (Phi) is 6.81. The average molecular weight is 487 g/mol. The first-order valence-electron chi connectivity index (χ1n) is 9.04. The van der Waals surface area contributed by atoms with Crippen molar-refractivity contribution in [3.05, 3.63) is 57.5 Å². The van der Waals surface area contributed by atoms with Gasteiger partial charge in [0.15, 0.2) is 0 Å². The molecule has 28 heavy (non-hydrogen) atoms. The highest BCUT2D eigenvalue weighted by atomic mass is 79.9. The molecule has 8 heteroatoms. The highest BCUT2D eigenvalue weighted by molar-refractivity contribution is 9.10. The van der Waals surface area contributed by atoms with Crippen LogP contribution in [0.1, 0.15) is 42.5 Å². The van der Waals surface area contributed by atoms with E-state index in [-0.39, 0.29) is 27.3 Å². The Morgan fingerprint density at radius 3 is 2.54 bits per heavy atom. The normalized spacial score (nSPS) is 15.6. The summed E-state index contributed by atoms with van der Waals surface area (Å²) < 4.78 is 33.5. The van der Waals surface area contributed by atoms with Gasteiger partial charge in [-0.1, -0.05) is 52.9 Å². The number of sulfonamides is 1. The molecule has 0 amide bonds. The molecule has 0 aliphatic heterocycles. The van der Waals surface area contributed by atoms with Crippen molar-refractivity contribution in [2.45, 2.75) is 43.0 Å². The van der Waals surface area contributed by atoms with Crippen LogP contribution in [0.2, 0.25) is 5.02 Å². The van der Waals surface area contributed by atoms with E-state index in [9.17, 15) is 13.2 Å². The molecule has 150 valence electrons. The van der Waals surface area contributed by atoms with E-state index < -0.39 is 16.0 Å². The molecule has 1 fully saturated rings. The predicted molar refractivity (Wildman–Crippen MR) is 112 cm³/mol. The van der Waals surface area contributed by atoms with E-state index in [1.54, 1.807) is 31.3 Å². The van der Waals surface area contributed by atoms with Gasteiger partial charge in [0.2, 0.25) is 10.0 Å². The van der Waals surface area contributed by atoms with Gasteiger partial charge in [-0.15, -0.1) is 0 Å². The summed E-state index contributed by atoms with van der Waals surface area (Å²) in [5.41, 5.74) is 0.150. The van der Waals surface area contributed by atoms with E-state index in [1.165, 1.54) is 22.5 Å². The number of ether oxygens (including phenoxy) is 1. The minimum absolute atomic E-state index is 0.00377. The van der Waals surface area contributed by atoms with Crippen molar-refractivity contribution in [1.82, 2.24) is 4.31 Å². The number of carbonyl (C=O) groups is 1. The molecule has 0 aromatic heterocycles. The summed E-state index contributed by atoms with van der Waals surface area (Å²) in [6.07, 6.45) is 4.93. The molecule has 0 N–H and O–H groups in total. The minimum atomic E-state index is -3.69. The van der Waals surface area contributed by atoms with Crippen LogP contribution in [-0.4, -0.2) is 31.8 Å². The molecule has 1 aliphatic rings. The maximum absolute atomic E-state index is 13.0. The molecule has 0 spiro atoms. The molecule has 0 bridgehead atoms. The second-order valence-electron chi connectivity index (χ2n) is 6.81. The molecule has 0 radical (unpaired) electrons. The summed E-state index contributed by atoms with van der Waals surface area (Å²) in [5.74, 6) is -0.455. The zero-order chi connectivity index (χ0) is 20.3. The van der Waals surface area contributed by atoms with Crippen molar-refractivity contribution in [1.29, 1.82) is 0 Å². The standard InChI is InChI=1S/C20H21BrClNO4S/c1-23(16-7-3-2-4-8-16)28(25,26)17-9-5-6-14(12-17)20(24)27-19-11-10-15(21)13-18(19)22/h5-6,9-13,16H,2-4,7-8H2,1H3. The minimum Gasteiger partial charge on any atom is -0.421 e. The third-order valence-electron chi connectivity index (χ3n) is 4.93. The fourth-order valence-corrected chi connectivity index (χ4v) is 5.48. The van der Waals surface area contributed by atoms with Crippen LogP contribution in [0.25, 0.3) is 0 Å². The van der Waals surface area contributed by atoms with Gasteiger partial charge >= 0.3 is 5.97 Å². The van der Waals surface area contributed by atoms with Crippen molar-refractivity contribution in [2.24, 2.45) is 0 Å². The molecular formula is C20H21BrClNO4S. The summed E-state index contributed by atoms with van der Waals surface area (Å²) in [7, 11) is -2.08. The molecule has 0 heterocycles. The third-order valence-corrected chi connectivity index (χ3v) is 7.63. The lowest BCUT2D eigenvalue weighted by molar-refractivity contribution is 0.0734. The SMILES string of the molecule is CN(C1CCCCC1)S(=O)(=O)c1cccc(C(=O)Oc2ccc(Br)cc2Cl)c1. The monoisotopic (exact) mass is 485 g/mol. The molecule has 0 saturated heterocycles. The maximum atomic E-state index is 13.0. The van der Waals surface area contributed by atoms with Crippen LogP contribution >= 0.6 is 27.5 Å². The van der Waals surface area contributed by atoms with Gasteiger partial charge < -0.3 is 4.74 Å². The smallest absolute Gasteiger partial charge is 0.343 e. The fourth-order valence-electron chi connectivity index (χ4n) is 3.31. The highest BCUT2D eigenvalue weighted by Gasteiger charge is 2.29. The van der Waals surface area contributed by atoms with Gasteiger partial charge in [-0.3, -0.25) is 0 Å². The molecule has 0 atom stereocenters. The van der Waals surface area contributed by atoms with Gasteiger partial charge in [0, 0.05) is 17.6 Å². The van der Waals surface area contributed by atoms with Crippen LogP contribution in [0.3, 0.4) is 0 Å². The second kappa shape index (κ2) is 8.95. The number of hydrogen-bond acceptors (Lipinski definition) is 4. The van der Waals surface area contributed by atoms with Gasteiger partial charge in [-0.05, 0) is 49.2 Å². The molecule has 2 aromatic rings. The number of carbonyl (C=O) groups excluding carboxylic acids is 1. The van der Waals surface area contributed by atoms with Crippen molar-refractivity contribution in [3.63, 3.8) is 0 Å². The van der Waals surface area contributed by atoms with Crippen LogP contribution in [0.5, 0.6) is 5.75 Å². The van der Waals surface area contributed by atoms with E-state index in [2.05, 4.69) is 15.9 Å². The average Bonchev–Trinajstić information content (AvgIpc) is 2.70. The number of rotatable bonds is 5. The number of esters is 1. The summed E-state index contributed by atoms with van der Waals surface area (Å²) in [6, 6.07) is 10.8. The maximum Gasteiger partial charge on any atom is 0.343 e. The number of halogens is 2. The van der Waals surface area contributed by atoms with Gasteiger partial charge in [0.1, 0.15) is 5.75 Å². The fraction of sp³-hybridized carbons (Fsp3) is 0.350. The first-order chi connectivity index (χ1) is 13.3. The Labute approximate surface area is 178 Å². The molecular weight excluding hydrogens is 466 g/mol. The predicted octanol–water partition coefficient (Wildman–Crippen LogP) is 5.27. The van der Waals surface area contributed by atoms with E-state index in [0.29, 0.717) is 0 Å². The van der Waals surface area contributed by atoms with Crippen LogP contribution in [0.15, 0.2) is 51.8 Å². The lowest BCUT2D eigenvalue weighted by Gasteiger charge is -2.30. The molecule has 1 saturated carbocycles. The van der Waals surface area contributed by atoms with Crippen LogP contribution in [0.4, 0.5) is 0 Å². The molecule has 1 aliphatic carbocycles. The molecule has 2 aromatic carbocycles. The topological polar surface area (TPSA) is 63.7 Å². The lowest BCUT2D eigenvalue weighted by Crippen LogP contribution is -2.38. The van der Waals surface area contributed by atoms with Crippen molar-refractivity contribution < 1.29 is 17.9 Å². The van der Waals surface area contributed by atoms with Gasteiger partial charge in [-0.2, -0.15) is 4.31 Å². The van der Waals surface area contributed by atoms with Gasteiger partial charge in [-0.25, -0.2) is 13.2 Å². The summed E-state index contributed by atoms with van der Waals surface area (Å²) in [4.78, 5) is 12.6. The van der Waals surface area contributed by atoms with Crippen molar-refractivity contribution in [3.8, 4) is 5.75 Å². The Hall–Kier alpha value is -1.41. The largest absolute Gasteiger partial charge is 0.421 e. The Bertz CT molecular complexity index is 974. The Balaban J connectivity index is 1.81. The number of benzene rings is 2. The molecule has 0 unspecified atom stereocenters. The van der Waals surface area contributed by atoms with Gasteiger partial charge in [0.25, 0.3) is 0 Å². The van der Waals surface area contributed by atoms with E-state index in [0.717, 1.165) is 36.6 Å². The molecule has 5 nitrogen and oxygen atoms in total. The Morgan fingerprint density at radius 2 is 1.86 bits per heavy atom. The third kappa shape index (κ3) is 4.76. The van der Waals surface area contributed by atoms with Gasteiger partial charge in [0.05, 0.1) is 15.5 Å². The first-order valence-corrected chi connectivity index (χ1v) is 11.7. The van der Waals surface area contributed by atoms with E-state index in [4.69, 9.17) is 16.3 Å². The van der Waals surface area contributed by atoms with Crippen LogP contribution < -0.4 is 4.74 Å². The number of hydrogen-bond donors (Lipinski definition) is 0. The zero-order valence-electron chi connectivity index (χ0n) is 15.4. The number of nitrogens with zero attached hydrogens (tertiary/aromatic N) is 1. The van der Waals surface area contributed by atoms with Crippen LogP contribution in [-0.2, 0) is 10.0 Å². The van der Waals surface area contributed by atoms with Crippen LogP contribution in [0, 0.1) is 0 Å². The summed E-state index contributed by atoms with van der Waals surface area (Å²) in [5, 5.41) is 0.281. The van der Waals surface area contributed by atoms with Crippen molar-refractivity contribution in [2.75, 3.05) is 7.05 Å². The highest BCUT2D eigenvalue weighted by Crippen LogP contribution is 2.29. The van der Waals surface area contributed by atoms with E-state index in [1.807, 2.05) is 0 Å². The Morgan fingerprint density at radius 1 is 1.14 bits per heavy atom. The second-order valence-corrected chi connectivity index (χ2v) is 10.1. The lowest BCUT2D eigenvalue weighted by atomic mass is 9.96.